The van der Waals surface area contributed by atoms with Crippen molar-refractivity contribution in [1.82, 2.24) is 5.16 Å². The van der Waals surface area contributed by atoms with Crippen molar-refractivity contribution in [3.8, 4) is 11.1 Å². The second-order valence-corrected chi connectivity index (χ2v) is 5.95. The Hall–Kier alpha value is -1.77. The highest BCUT2D eigenvalue weighted by atomic mass is 16.5. The summed E-state index contributed by atoms with van der Waals surface area (Å²) in [7, 11) is 0. The van der Waals surface area contributed by atoms with Crippen LogP contribution in [-0.4, -0.2) is 5.16 Å². The van der Waals surface area contributed by atoms with Gasteiger partial charge < -0.3 is 10.3 Å². The number of nitrogens with zero attached hydrogens (tertiary/aromatic N) is 1. The molecule has 98 valence electrons. The third kappa shape index (κ3) is 1.68. The third-order valence-electron chi connectivity index (χ3n) is 4.90. The number of fused-ring (bicyclic) bond motifs is 2. The van der Waals surface area contributed by atoms with E-state index < -0.39 is 0 Å². The third-order valence-corrected chi connectivity index (χ3v) is 4.90. The summed E-state index contributed by atoms with van der Waals surface area (Å²) in [6.45, 7) is 0. The first-order chi connectivity index (χ1) is 9.33. The molecule has 1 aromatic carbocycles. The molecule has 0 saturated heterocycles. The number of hydrogen-bond acceptors (Lipinski definition) is 3. The minimum Gasteiger partial charge on any atom is -0.367 e. The molecule has 3 heteroatoms. The Labute approximate surface area is 112 Å². The topological polar surface area (TPSA) is 52.0 Å². The van der Waals surface area contributed by atoms with E-state index in [1.807, 2.05) is 18.2 Å². The van der Waals surface area contributed by atoms with Crippen LogP contribution in [0.1, 0.15) is 37.3 Å². The van der Waals surface area contributed by atoms with E-state index in [2.05, 4.69) is 17.3 Å². The van der Waals surface area contributed by atoms with Gasteiger partial charge in [0.15, 0.2) is 0 Å². The first-order valence-corrected chi connectivity index (χ1v) is 7.13. The molecule has 2 aliphatic rings. The fourth-order valence-electron chi connectivity index (χ4n) is 4.04. The molecule has 0 amide bonds. The van der Waals surface area contributed by atoms with Crippen molar-refractivity contribution < 1.29 is 4.52 Å². The van der Waals surface area contributed by atoms with Crippen LogP contribution in [0.4, 0.5) is 5.88 Å². The Morgan fingerprint density at radius 3 is 2.63 bits per heavy atom. The van der Waals surface area contributed by atoms with Crippen LogP contribution in [0.15, 0.2) is 34.9 Å². The molecule has 3 nitrogen and oxygen atoms in total. The number of nitrogen functional groups attached to an aromatic ring is 1. The van der Waals surface area contributed by atoms with Crippen molar-refractivity contribution in [3.05, 3.63) is 36.0 Å². The van der Waals surface area contributed by atoms with Gasteiger partial charge in [0.2, 0.25) is 5.88 Å². The lowest BCUT2D eigenvalue weighted by atomic mass is 9.84. The van der Waals surface area contributed by atoms with Crippen LogP contribution in [0.5, 0.6) is 0 Å². The van der Waals surface area contributed by atoms with Crippen LogP contribution in [0.3, 0.4) is 0 Å². The maximum absolute atomic E-state index is 6.01. The summed E-state index contributed by atoms with van der Waals surface area (Å²) in [4.78, 5) is 0. The van der Waals surface area contributed by atoms with Gasteiger partial charge in [-0.3, -0.25) is 0 Å². The first-order valence-electron chi connectivity index (χ1n) is 7.13. The Balaban J connectivity index is 1.78. The summed E-state index contributed by atoms with van der Waals surface area (Å²) in [5, 5.41) is 4.29. The van der Waals surface area contributed by atoms with Crippen LogP contribution in [0.2, 0.25) is 0 Å². The van der Waals surface area contributed by atoms with Gasteiger partial charge in [-0.2, -0.15) is 0 Å². The average Bonchev–Trinajstić information content (AvgIpc) is 3.14. The maximum Gasteiger partial charge on any atom is 0.230 e. The molecular formula is C16H18N2O. The molecule has 2 N–H and O–H groups in total. The molecule has 1 aromatic heterocycles. The molecule has 2 saturated carbocycles. The van der Waals surface area contributed by atoms with E-state index in [9.17, 15) is 0 Å². The molecule has 0 radical (unpaired) electrons. The molecular weight excluding hydrogens is 236 g/mol. The normalized spacial score (nSPS) is 28.9. The van der Waals surface area contributed by atoms with E-state index in [0.717, 1.165) is 28.7 Å². The minimum atomic E-state index is 0.462. The van der Waals surface area contributed by atoms with E-state index in [1.165, 1.54) is 25.7 Å². The summed E-state index contributed by atoms with van der Waals surface area (Å²) in [5.74, 6) is 2.70. The number of anilines is 1. The highest BCUT2D eigenvalue weighted by Crippen LogP contribution is 2.54. The van der Waals surface area contributed by atoms with E-state index >= 15 is 0 Å². The van der Waals surface area contributed by atoms with E-state index in [0.29, 0.717) is 11.8 Å². The molecule has 19 heavy (non-hydrogen) atoms. The van der Waals surface area contributed by atoms with Crippen molar-refractivity contribution in [2.24, 2.45) is 11.8 Å². The van der Waals surface area contributed by atoms with E-state index in [4.69, 9.17) is 10.3 Å². The molecule has 3 unspecified atom stereocenters. The van der Waals surface area contributed by atoms with Gasteiger partial charge in [0.05, 0.1) is 11.3 Å². The molecule has 0 aliphatic heterocycles. The van der Waals surface area contributed by atoms with Crippen LogP contribution in [0, 0.1) is 11.8 Å². The van der Waals surface area contributed by atoms with Crippen LogP contribution >= 0.6 is 0 Å². The lowest BCUT2D eigenvalue weighted by Crippen LogP contribution is -2.10. The number of rotatable bonds is 2. The Bertz CT molecular complexity index is 590. The minimum absolute atomic E-state index is 0.462. The maximum atomic E-state index is 6.01. The molecule has 2 aromatic rings. The highest BCUT2D eigenvalue weighted by molar-refractivity contribution is 5.75. The smallest absolute Gasteiger partial charge is 0.230 e. The monoisotopic (exact) mass is 254 g/mol. The van der Waals surface area contributed by atoms with Gasteiger partial charge >= 0.3 is 0 Å². The van der Waals surface area contributed by atoms with Crippen molar-refractivity contribution in [1.29, 1.82) is 0 Å². The largest absolute Gasteiger partial charge is 0.367 e. The molecule has 2 bridgehead atoms. The lowest BCUT2D eigenvalue weighted by molar-refractivity contribution is 0.375. The molecule has 2 aliphatic carbocycles. The Morgan fingerprint density at radius 1 is 1.11 bits per heavy atom. The standard InChI is InChI=1S/C16H18N2O/c17-16-14(11-4-2-1-3-5-11)15(18-19-16)13-9-10-6-7-12(13)8-10/h1-5,10,12-13H,6-9,17H2. The molecule has 1 heterocycles. The SMILES string of the molecule is Nc1onc(C2CC3CCC2C3)c1-c1ccccc1. The second kappa shape index (κ2) is 4.12. The van der Waals surface area contributed by atoms with Crippen molar-refractivity contribution in [2.45, 2.75) is 31.6 Å². The van der Waals surface area contributed by atoms with E-state index in [1.54, 1.807) is 0 Å². The zero-order chi connectivity index (χ0) is 12.8. The van der Waals surface area contributed by atoms with Gasteiger partial charge in [-0.1, -0.05) is 41.9 Å². The predicted molar refractivity (Wildman–Crippen MR) is 74.5 cm³/mol. The zero-order valence-corrected chi connectivity index (χ0v) is 10.9. The van der Waals surface area contributed by atoms with Crippen LogP contribution in [-0.2, 0) is 0 Å². The number of aromatic nitrogens is 1. The van der Waals surface area contributed by atoms with Crippen LogP contribution in [0.25, 0.3) is 11.1 Å². The zero-order valence-electron chi connectivity index (χ0n) is 10.9. The fourth-order valence-corrected chi connectivity index (χ4v) is 4.04. The Kier molecular flexibility index (Phi) is 2.40. The summed E-state index contributed by atoms with van der Waals surface area (Å²) in [6.07, 6.45) is 5.37. The number of nitrogens with two attached hydrogens (primary N) is 1. The first kappa shape index (κ1) is 11.1. The van der Waals surface area contributed by atoms with Gasteiger partial charge in [0.1, 0.15) is 0 Å². The molecule has 2 fully saturated rings. The number of hydrogen-bond donors (Lipinski definition) is 1. The van der Waals surface area contributed by atoms with Crippen molar-refractivity contribution >= 4 is 5.88 Å². The Morgan fingerprint density at radius 2 is 1.95 bits per heavy atom. The average molecular weight is 254 g/mol. The predicted octanol–water partition coefficient (Wildman–Crippen LogP) is 3.83. The number of benzene rings is 1. The lowest BCUT2D eigenvalue weighted by Gasteiger charge is -2.20. The molecule has 0 spiro atoms. The quantitative estimate of drug-likeness (QED) is 0.886. The fraction of sp³-hybridized carbons (Fsp3) is 0.438. The van der Waals surface area contributed by atoms with Gasteiger partial charge in [0.25, 0.3) is 0 Å². The molecule has 3 atom stereocenters. The van der Waals surface area contributed by atoms with Crippen molar-refractivity contribution in [2.75, 3.05) is 5.73 Å². The van der Waals surface area contributed by atoms with E-state index in [-0.39, 0.29) is 0 Å². The van der Waals surface area contributed by atoms with Gasteiger partial charge in [0, 0.05) is 5.92 Å². The van der Waals surface area contributed by atoms with Gasteiger partial charge in [-0.05, 0) is 36.7 Å². The summed E-state index contributed by atoms with van der Waals surface area (Å²) >= 11 is 0. The highest BCUT2D eigenvalue weighted by Gasteiger charge is 2.42. The van der Waals surface area contributed by atoms with Crippen LogP contribution < -0.4 is 5.73 Å². The van der Waals surface area contributed by atoms with Gasteiger partial charge in [-0.25, -0.2) is 0 Å². The summed E-state index contributed by atoms with van der Waals surface area (Å²) in [6, 6.07) is 10.3. The summed E-state index contributed by atoms with van der Waals surface area (Å²) < 4.78 is 5.30. The molecule has 4 rings (SSSR count). The van der Waals surface area contributed by atoms with Gasteiger partial charge in [-0.15, -0.1) is 0 Å². The van der Waals surface area contributed by atoms with Crippen molar-refractivity contribution in [3.63, 3.8) is 0 Å². The second-order valence-electron chi connectivity index (χ2n) is 5.95. The summed E-state index contributed by atoms with van der Waals surface area (Å²) in [5.41, 5.74) is 9.25.